The lowest BCUT2D eigenvalue weighted by Gasteiger charge is -2.14. The molecule has 0 fully saturated rings. The number of hydrogen-bond donors (Lipinski definition) is 3. The van der Waals surface area contributed by atoms with Gasteiger partial charge in [-0.3, -0.25) is 4.79 Å². The second-order valence-corrected chi connectivity index (χ2v) is 5.22. The molecule has 1 aromatic heterocycles. The molecule has 3 N–H and O–H groups in total. The highest BCUT2D eigenvalue weighted by atomic mass is 16.2. The van der Waals surface area contributed by atoms with Crippen LogP contribution in [-0.2, 0) is 11.3 Å². The van der Waals surface area contributed by atoms with Crippen LogP contribution in [0, 0.1) is 0 Å². The van der Waals surface area contributed by atoms with Gasteiger partial charge in [-0.2, -0.15) is 0 Å². The van der Waals surface area contributed by atoms with Crippen LogP contribution in [0.15, 0.2) is 49.1 Å². The Morgan fingerprint density at radius 2 is 2.04 bits per heavy atom. The molecule has 0 spiro atoms. The van der Waals surface area contributed by atoms with Crippen molar-refractivity contribution in [3.63, 3.8) is 0 Å². The maximum absolute atomic E-state index is 11.8. The van der Waals surface area contributed by atoms with Gasteiger partial charge in [-0.15, -0.1) is 0 Å². The summed E-state index contributed by atoms with van der Waals surface area (Å²) in [4.78, 5) is 27.4. The fourth-order valence-corrected chi connectivity index (χ4v) is 2.09. The number of para-hydroxylation sites is 1. The molecule has 3 amide bonds. The van der Waals surface area contributed by atoms with Crippen LogP contribution in [0.1, 0.15) is 13.3 Å². The van der Waals surface area contributed by atoms with Crippen LogP contribution in [0.25, 0.3) is 0 Å². The van der Waals surface area contributed by atoms with Gasteiger partial charge in [0.15, 0.2) is 0 Å². The molecule has 0 aliphatic carbocycles. The van der Waals surface area contributed by atoms with Crippen molar-refractivity contribution in [1.29, 1.82) is 0 Å². The van der Waals surface area contributed by atoms with Gasteiger partial charge in [0.1, 0.15) is 0 Å². The maximum Gasteiger partial charge on any atom is 0.319 e. The van der Waals surface area contributed by atoms with Crippen molar-refractivity contribution in [2.75, 3.05) is 11.9 Å². The second-order valence-electron chi connectivity index (χ2n) is 5.22. The van der Waals surface area contributed by atoms with Crippen molar-refractivity contribution in [3.8, 4) is 0 Å². The number of aromatic nitrogens is 2. The standard InChI is InChI=1S/C16H21N5O2/c1-13(11-21-10-9-17-12-21)19-15(22)7-8-18-16(23)20-14-5-3-2-4-6-14/h2-6,9-10,12-13H,7-8,11H2,1H3,(H,19,22)(H2,18,20,23). The second kappa shape index (κ2) is 8.57. The molecule has 2 aromatic rings. The van der Waals surface area contributed by atoms with E-state index in [9.17, 15) is 9.59 Å². The number of rotatable bonds is 7. The molecule has 1 heterocycles. The van der Waals surface area contributed by atoms with Gasteiger partial charge < -0.3 is 20.5 Å². The molecular weight excluding hydrogens is 294 g/mol. The molecule has 23 heavy (non-hydrogen) atoms. The normalized spacial score (nSPS) is 11.5. The minimum absolute atomic E-state index is 0.00477. The van der Waals surface area contributed by atoms with Gasteiger partial charge in [-0.05, 0) is 19.1 Å². The Balaban J connectivity index is 1.61. The zero-order valence-electron chi connectivity index (χ0n) is 13.0. The minimum atomic E-state index is -0.324. The van der Waals surface area contributed by atoms with Gasteiger partial charge in [0, 0.05) is 43.6 Å². The first kappa shape index (κ1) is 16.5. The lowest BCUT2D eigenvalue weighted by molar-refractivity contribution is -0.121. The molecule has 0 saturated carbocycles. The molecule has 1 atom stereocenters. The van der Waals surface area contributed by atoms with E-state index >= 15 is 0 Å². The number of imidazole rings is 1. The third-order valence-electron chi connectivity index (χ3n) is 3.12. The summed E-state index contributed by atoms with van der Waals surface area (Å²) in [6.45, 7) is 2.86. The third kappa shape index (κ3) is 6.21. The van der Waals surface area contributed by atoms with Crippen molar-refractivity contribution >= 4 is 17.6 Å². The summed E-state index contributed by atoms with van der Waals surface area (Å²) >= 11 is 0. The number of benzene rings is 1. The first-order valence-electron chi connectivity index (χ1n) is 7.48. The van der Waals surface area contributed by atoms with Crippen LogP contribution in [0.5, 0.6) is 0 Å². The fraction of sp³-hybridized carbons (Fsp3) is 0.312. The van der Waals surface area contributed by atoms with Crippen LogP contribution < -0.4 is 16.0 Å². The first-order chi connectivity index (χ1) is 11.1. The van der Waals surface area contributed by atoms with Gasteiger partial charge in [0.25, 0.3) is 0 Å². The average molecular weight is 315 g/mol. The van der Waals surface area contributed by atoms with E-state index in [0.717, 1.165) is 0 Å². The topological polar surface area (TPSA) is 88.1 Å². The quantitative estimate of drug-likeness (QED) is 0.725. The van der Waals surface area contributed by atoms with E-state index in [0.29, 0.717) is 12.2 Å². The van der Waals surface area contributed by atoms with Gasteiger partial charge in [0.2, 0.25) is 5.91 Å². The summed E-state index contributed by atoms with van der Waals surface area (Å²) in [5, 5.41) is 8.23. The molecule has 7 heteroatoms. The number of carbonyl (C=O) groups excluding carboxylic acids is 2. The van der Waals surface area contributed by atoms with Crippen molar-refractivity contribution in [1.82, 2.24) is 20.2 Å². The largest absolute Gasteiger partial charge is 0.352 e. The Morgan fingerprint density at radius 1 is 1.26 bits per heavy atom. The number of carbonyl (C=O) groups is 2. The molecule has 0 bridgehead atoms. The van der Waals surface area contributed by atoms with Crippen LogP contribution >= 0.6 is 0 Å². The van der Waals surface area contributed by atoms with Crippen molar-refractivity contribution in [2.45, 2.75) is 25.9 Å². The number of hydrogen-bond acceptors (Lipinski definition) is 3. The average Bonchev–Trinajstić information content (AvgIpc) is 3.00. The highest BCUT2D eigenvalue weighted by Crippen LogP contribution is 2.03. The van der Waals surface area contributed by atoms with Crippen LogP contribution in [0.4, 0.5) is 10.5 Å². The third-order valence-corrected chi connectivity index (χ3v) is 3.12. The van der Waals surface area contributed by atoms with Crippen LogP contribution in [-0.4, -0.2) is 34.1 Å². The zero-order valence-corrected chi connectivity index (χ0v) is 13.0. The van der Waals surface area contributed by atoms with Crippen molar-refractivity contribution < 1.29 is 9.59 Å². The van der Waals surface area contributed by atoms with E-state index in [1.165, 1.54) is 0 Å². The zero-order chi connectivity index (χ0) is 16.5. The fourth-order valence-electron chi connectivity index (χ4n) is 2.09. The molecule has 122 valence electrons. The number of urea groups is 1. The van der Waals surface area contributed by atoms with Crippen molar-refractivity contribution in [2.24, 2.45) is 0 Å². The summed E-state index contributed by atoms with van der Waals surface area (Å²) in [7, 11) is 0. The van der Waals surface area contributed by atoms with E-state index in [1.54, 1.807) is 24.7 Å². The molecule has 7 nitrogen and oxygen atoms in total. The Labute approximate surface area is 135 Å². The summed E-state index contributed by atoms with van der Waals surface area (Å²) in [6, 6.07) is 8.81. The molecule has 1 unspecified atom stereocenters. The molecular formula is C16H21N5O2. The number of anilines is 1. The minimum Gasteiger partial charge on any atom is -0.352 e. The van der Waals surface area contributed by atoms with E-state index in [-0.39, 0.29) is 30.9 Å². The molecule has 0 saturated heterocycles. The van der Waals surface area contributed by atoms with Crippen LogP contribution in [0.3, 0.4) is 0 Å². The molecule has 0 radical (unpaired) electrons. The van der Waals surface area contributed by atoms with E-state index in [1.807, 2.05) is 35.9 Å². The summed E-state index contributed by atoms with van der Waals surface area (Å²) in [6.07, 6.45) is 5.48. The van der Waals surface area contributed by atoms with Crippen molar-refractivity contribution in [3.05, 3.63) is 49.1 Å². The number of nitrogens with one attached hydrogen (secondary N) is 3. The Morgan fingerprint density at radius 3 is 2.74 bits per heavy atom. The Hall–Kier alpha value is -2.83. The highest BCUT2D eigenvalue weighted by molar-refractivity contribution is 5.89. The SMILES string of the molecule is CC(Cn1ccnc1)NC(=O)CCNC(=O)Nc1ccccc1. The number of amides is 3. The monoisotopic (exact) mass is 315 g/mol. The molecule has 0 aliphatic heterocycles. The van der Waals surface area contributed by atoms with Gasteiger partial charge in [-0.1, -0.05) is 18.2 Å². The smallest absolute Gasteiger partial charge is 0.319 e. The molecule has 2 rings (SSSR count). The lowest BCUT2D eigenvalue weighted by atomic mass is 10.3. The van der Waals surface area contributed by atoms with Gasteiger partial charge >= 0.3 is 6.03 Å². The highest BCUT2D eigenvalue weighted by Gasteiger charge is 2.08. The summed E-state index contributed by atoms with van der Waals surface area (Å²) in [5.74, 6) is -0.0994. The van der Waals surface area contributed by atoms with Gasteiger partial charge in [0.05, 0.1) is 6.33 Å². The predicted molar refractivity (Wildman–Crippen MR) is 87.9 cm³/mol. The number of nitrogens with zero attached hydrogens (tertiary/aromatic N) is 2. The Bertz CT molecular complexity index is 613. The molecule has 0 aliphatic rings. The Kier molecular flexibility index (Phi) is 6.17. The van der Waals surface area contributed by atoms with E-state index < -0.39 is 0 Å². The van der Waals surface area contributed by atoms with Gasteiger partial charge in [-0.25, -0.2) is 9.78 Å². The maximum atomic E-state index is 11.8. The summed E-state index contributed by atoms with van der Waals surface area (Å²) < 4.78 is 1.90. The summed E-state index contributed by atoms with van der Waals surface area (Å²) in [5.41, 5.74) is 0.711. The lowest BCUT2D eigenvalue weighted by Crippen LogP contribution is -2.38. The van der Waals surface area contributed by atoms with E-state index in [4.69, 9.17) is 0 Å². The predicted octanol–water partition coefficient (Wildman–Crippen LogP) is 1.60. The molecule has 1 aromatic carbocycles. The van der Waals surface area contributed by atoms with E-state index in [2.05, 4.69) is 20.9 Å². The van der Waals surface area contributed by atoms with Crippen LogP contribution in [0.2, 0.25) is 0 Å². The first-order valence-corrected chi connectivity index (χ1v) is 7.48.